The van der Waals surface area contributed by atoms with E-state index in [9.17, 15) is 0 Å². The van der Waals surface area contributed by atoms with Gasteiger partial charge in [-0.25, -0.2) is 4.98 Å². The summed E-state index contributed by atoms with van der Waals surface area (Å²) in [6.07, 6.45) is 0.226. The number of nitrogens with zero attached hydrogens (tertiary/aromatic N) is 2. The Labute approximate surface area is 96.2 Å². The third-order valence-corrected chi connectivity index (χ3v) is 1.84. The molecule has 0 aliphatic heterocycles. The van der Waals surface area contributed by atoms with Gasteiger partial charge in [-0.3, -0.25) is 0 Å². The summed E-state index contributed by atoms with van der Waals surface area (Å²) in [6, 6.07) is 1.80. The molecule has 1 rings (SSSR count). The molecule has 0 spiro atoms. The molecule has 0 aromatic carbocycles. The van der Waals surface area contributed by atoms with E-state index in [0.717, 1.165) is 5.69 Å². The monoisotopic (exact) mass is 225 g/mol. The standard InChI is InChI=1S/C11H19N3O2/c1-8(2)15-5-6-16-10-7-9(3)13-11(12-4)14-10/h7-8H,5-6H2,1-4H3,(H,12,13,14). The molecular formula is C11H19N3O2. The molecule has 1 aromatic rings. The fourth-order valence-electron chi connectivity index (χ4n) is 1.16. The van der Waals surface area contributed by atoms with Crippen LogP contribution in [0.5, 0.6) is 5.88 Å². The average Bonchev–Trinajstić information content (AvgIpc) is 2.23. The molecule has 1 N–H and O–H groups in total. The van der Waals surface area contributed by atoms with Crippen LogP contribution in [0.3, 0.4) is 0 Å². The summed E-state index contributed by atoms with van der Waals surface area (Å²) in [6.45, 7) is 6.95. The summed E-state index contributed by atoms with van der Waals surface area (Å²) >= 11 is 0. The molecule has 0 amide bonds. The molecule has 16 heavy (non-hydrogen) atoms. The van der Waals surface area contributed by atoms with Gasteiger partial charge in [-0.2, -0.15) is 4.98 Å². The lowest BCUT2D eigenvalue weighted by molar-refractivity contribution is 0.0542. The van der Waals surface area contributed by atoms with Crippen LogP contribution < -0.4 is 10.1 Å². The van der Waals surface area contributed by atoms with Crippen molar-refractivity contribution in [2.24, 2.45) is 0 Å². The highest BCUT2D eigenvalue weighted by molar-refractivity contribution is 5.29. The summed E-state index contributed by atoms with van der Waals surface area (Å²) in [5, 5.41) is 2.88. The van der Waals surface area contributed by atoms with Crippen molar-refractivity contribution >= 4 is 5.95 Å². The summed E-state index contributed by atoms with van der Waals surface area (Å²) in [4.78, 5) is 8.34. The zero-order valence-electron chi connectivity index (χ0n) is 10.3. The minimum atomic E-state index is 0.226. The van der Waals surface area contributed by atoms with Crippen LogP contribution in [0.1, 0.15) is 19.5 Å². The van der Waals surface area contributed by atoms with Crippen LogP contribution in [0.25, 0.3) is 0 Å². The molecule has 90 valence electrons. The Balaban J connectivity index is 2.44. The summed E-state index contributed by atoms with van der Waals surface area (Å²) in [7, 11) is 1.78. The fourth-order valence-corrected chi connectivity index (χ4v) is 1.16. The van der Waals surface area contributed by atoms with Gasteiger partial charge in [0.05, 0.1) is 12.7 Å². The van der Waals surface area contributed by atoms with Crippen LogP contribution in [-0.2, 0) is 4.74 Å². The van der Waals surface area contributed by atoms with Gasteiger partial charge in [0.2, 0.25) is 11.8 Å². The normalized spacial score (nSPS) is 10.6. The number of anilines is 1. The van der Waals surface area contributed by atoms with Crippen molar-refractivity contribution in [3.8, 4) is 5.88 Å². The van der Waals surface area contributed by atoms with Crippen LogP contribution in [-0.4, -0.2) is 36.3 Å². The van der Waals surface area contributed by atoms with Gasteiger partial charge in [0.1, 0.15) is 6.61 Å². The van der Waals surface area contributed by atoms with E-state index in [-0.39, 0.29) is 6.10 Å². The van der Waals surface area contributed by atoms with Crippen LogP contribution in [0.2, 0.25) is 0 Å². The highest BCUT2D eigenvalue weighted by Gasteiger charge is 2.01. The van der Waals surface area contributed by atoms with Crippen molar-refractivity contribution in [1.29, 1.82) is 0 Å². The minimum Gasteiger partial charge on any atom is -0.475 e. The van der Waals surface area contributed by atoms with Gasteiger partial charge in [-0.1, -0.05) is 0 Å². The van der Waals surface area contributed by atoms with Gasteiger partial charge in [0.15, 0.2) is 0 Å². The second-order valence-corrected chi connectivity index (χ2v) is 3.69. The van der Waals surface area contributed by atoms with Crippen molar-refractivity contribution in [2.45, 2.75) is 26.9 Å². The Hall–Kier alpha value is -1.36. The maximum absolute atomic E-state index is 5.46. The lowest BCUT2D eigenvalue weighted by Gasteiger charge is -2.09. The predicted octanol–water partition coefficient (Wildman–Crippen LogP) is 1.63. The van der Waals surface area contributed by atoms with Gasteiger partial charge in [0, 0.05) is 18.8 Å². The summed E-state index contributed by atoms with van der Waals surface area (Å²) < 4.78 is 10.8. The second-order valence-electron chi connectivity index (χ2n) is 3.69. The summed E-state index contributed by atoms with van der Waals surface area (Å²) in [5.41, 5.74) is 0.874. The maximum atomic E-state index is 5.46. The lowest BCUT2D eigenvalue weighted by Crippen LogP contribution is -2.12. The topological polar surface area (TPSA) is 56.3 Å². The maximum Gasteiger partial charge on any atom is 0.225 e. The van der Waals surface area contributed by atoms with E-state index in [1.807, 2.05) is 20.8 Å². The van der Waals surface area contributed by atoms with Crippen molar-refractivity contribution < 1.29 is 9.47 Å². The largest absolute Gasteiger partial charge is 0.475 e. The third-order valence-electron chi connectivity index (χ3n) is 1.84. The quantitative estimate of drug-likeness (QED) is 0.746. The van der Waals surface area contributed by atoms with Gasteiger partial charge in [0.25, 0.3) is 0 Å². The van der Waals surface area contributed by atoms with Crippen LogP contribution >= 0.6 is 0 Å². The number of hydrogen-bond donors (Lipinski definition) is 1. The molecule has 0 fully saturated rings. The van der Waals surface area contributed by atoms with Crippen molar-refractivity contribution in [3.63, 3.8) is 0 Å². The first kappa shape index (κ1) is 12.7. The Morgan fingerprint density at radius 2 is 2.06 bits per heavy atom. The molecule has 1 aromatic heterocycles. The number of hydrogen-bond acceptors (Lipinski definition) is 5. The molecule has 0 bridgehead atoms. The van der Waals surface area contributed by atoms with Gasteiger partial charge in [-0.05, 0) is 20.8 Å². The average molecular weight is 225 g/mol. The molecule has 5 nitrogen and oxygen atoms in total. The number of aromatic nitrogens is 2. The first-order valence-electron chi connectivity index (χ1n) is 5.39. The first-order chi connectivity index (χ1) is 7.61. The van der Waals surface area contributed by atoms with E-state index in [1.165, 1.54) is 0 Å². The van der Waals surface area contributed by atoms with Crippen molar-refractivity contribution in [3.05, 3.63) is 11.8 Å². The molecular weight excluding hydrogens is 206 g/mol. The van der Waals surface area contributed by atoms with Gasteiger partial charge >= 0.3 is 0 Å². The van der Waals surface area contributed by atoms with E-state index >= 15 is 0 Å². The number of aryl methyl sites for hydroxylation is 1. The Morgan fingerprint density at radius 3 is 2.69 bits per heavy atom. The molecule has 0 aliphatic carbocycles. The van der Waals surface area contributed by atoms with Gasteiger partial charge in [-0.15, -0.1) is 0 Å². The van der Waals surface area contributed by atoms with E-state index < -0.39 is 0 Å². The second kappa shape index (κ2) is 6.27. The number of nitrogens with one attached hydrogen (secondary N) is 1. The Kier molecular flexibility index (Phi) is 4.98. The number of rotatable bonds is 6. The molecule has 0 radical (unpaired) electrons. The van der Waals surface area contributed by atoms with Crippen LogP contribution in [0.15, 0.2) is 6.07 Å². The smallest absolute Gasteiger partial charge is 0.225 e. The van der Waals surface area contributed by atoms with Crippen LogP contribution in [0, 0.1) is 6.92 Å². The lowest BCUT2D eigenvalue weighted by atomic mass is 10.4. The summed E-state index contributed by atoms with van der Waals surface area (Å²) in [5.74, 6) is 1.14. The van der Waals surface area contributed by atoms with E-state index in [2.05, 4.69) is 15.3 Å². The zero-order valence-corrected chi connectivity index (χ0v) is 10.3. The van der Waals surface area contributed by atoms with Crippen LogP contribution in [0.4, 0.5) is 5.95 Å². The first-order valence-corrected chi connectivity index (χ1v) is 5.39. The molecule has 0 saturated heterocycles. The fraction of sp³-hybridized carbons (Fsp3) is 0.636. The molecule has 0 atom stereocenters. The molecule has 0 saturated carbocycles. The van der Waals surface area contributed by atoms with E-state index in [4.69, 9.17) is 9.47 Å². The molecule has 0 unspecified atom stereocenters. The van der Waals surface area contributed by atoms with E-state index in [1.54, 1.807) is 13.1 Å². The van der Waals surface area contributed by atoms with Crippen molar-refractivity contribution in [1.82, 2.24) is 9.97 Å². The molecule has 0 aliphatic rings. The Morgan fingerprint density at radius 1 is 1.31 bits per heavy atom. The zero-order chi connectivity index (χ0) is 12.0. The molecule has 1 heterocycles. The Bertz CT molecular complexity index is 329. The highest BCUT2D eigenvalue weighted by atomic mass is 16.5. The van der Waals surface area contributed by atoms with Crippen molar-refractivity contribution in [2.75, 3.05) is 25.6 Å². The number of ether oxygens (including phenoxy) is 2. The van der Waals surface area contributed by atoms with Gasteiger partial charge < -0.3 is 14.8 Å². The highest BCUT2D eigenvalue weighted by Crippen LogP contribution is 2.11. The predicted molar refractivity (Wildman–Crippen MR) is 62.9 cm³/mol. The third kappa shape index (κ3) is 4.44. The molecule has 5 heteroatoms. The SMILES string of the molecule is CNc1nc(C)cc(OCCOC(C)C)n1. The van der Waals surface area contributed by atoms with E-state index in [0.29, 0.717) is 25.0 Å². The minimum absolute atomic E-state index is 0.226.